The van der Waals surface area contributed by atoms with Crippen molar-refractivity contribution in [1.82, 2.24) is 0 Å². The summed E-state index contributed by atoms with van der Waals surface area (Å²) in [6.07, 6.45) is 0. The molecule has 0 amide bonds. The third-order valence-electron chi connectivity index (χ3n) is 4.87. The molecule has 0 bridgehead atoms. The van der Waals surface area contributed by atoms with E-state index in [1.165, 1.54) is 22.5 Å². The Kier molecular flexibility index (Phi) is 9.62. The number of carbonyl (C=O) groups excluding carboxylic acids is 2. The van der Waals surface area contributed by atoms with Gasteiger partial charge in [0.25, 0.3) is 0 Å². The van der Waals surface area contributed by atoms with Crippen molar-refractivity contribution in [2.24, 2.45) is 0 Å². The maximum Gasteiger partial charge on any atom is 0.326 e. The van der Waals surface area contributed by atoms with E-state index < -0.39 is 41.4 Å². The number of anilines is 2. The molecule has 3 aromatic carbocycles. The lowest BCUT2D eigenvalue weighted by molar-refractivity contribution is -0.142. The molecule has 192 valence electrons. The number of fused-ring (bicyclic) bond motifs is 1. The van der Waals surface area contributed by atoms with Gasteiger partial charge in [0.15, 0.2) is 0 Å². The van der Waals surface area contributed by atoms with E-state index in [1.807, 2.05) is 0 Å². The smallest absolute Gasteiger partial charge is 0.326 e. The molecule has 0 saturated heterocycles. The van der Waals surface area contributed by atoms with Crippen LogP contribution in [0.3, 0.4) is 0 Å². The van der Waals surface area contributed by atoms with E-state index >= 15 is 0 Å². The highest BCUT2D eigenvalue weighted by Crippen LogP contribution is 2.40. The second kappa shape index (κ2) is 12.7. The number of ether oxygens (including phenoxy) is 2. The largest absolute Gasteiger partial charge is 0.755 e. The average Bonchev–Trinajstić information content (AvgIpc) is 2.84. The molecule has 36 heavy (non-hydrogen) atoms. The van der Waals surface area contributed by atoms with Crippen LogP contribution in [0.5, 0.6) is 0 Å². The van der Waals surface area contributed by atoms with Gasteiger partial charge < -0.3 is 18.3 Å². The van der Waals surface area contributed by atoms with Crippen LogP contribution in [0.4, 0.5) is 20.2 Å². The fraction of sp³-hybridized carbons (Fsp3) is 0.250. The lowest BCUT2D eigenvalue weighted by atomic mass is 10.1. The summed E-state index contributed by atoms with van der Waals surface area (Å²) in [5, 5.41) is 0.898. The van der Waals surface area contributed by atoms with Gasteiger partial charge in [-0.25, -0.2) is 8.78 Å². The molecule has 0 aliphatic rings. The van der Waals surface area contributed by atoms with Crippen LogP contribution in [0.25, 0.3) is 10.8 Å². The monoisotopic (exact) mass is 537 g/mol. The van der Waals surface area contributed by atoms with E-state index in [0.29, 0.717) is 28.4 Å². The Hall–Kier alpha value is -3.22. The molecule has 8 nitrogen and oxygen atoms in total. The van der Waals surface area contributed by atoms with Crippen molar-refractivity contribution in [2.75, 3.05) is 34.9 Å². The molecule has 0 spiro atoms. The van der Waals surface area contributed by atoms with Gasteiger partial charge in [-0.15, -0.1) is 0 Å². The molecule has 0 heterocycles. The number of esters is 2. The normalized spacial score (nSPS) is 11.7. The SMILES string of the molecule is CCOC(=O)CN(Sc1c(F)cccc1F)c1ccc(N(CC(=O)OCC)S(=O)[O-])c2ccccc12. The first-order valence-electron chi connectivity index (χ1n) is 10.9. The molecule has 0 saturated carbocycles. The zero-order chi connectivity index (χ0) is 26.2. The first kappa shape index (κ1) is 27.4. The highest BCUT2D eigenvalue weighted by molar-refractivity contribution is 8.00. The third kappa shape index (κ3) is 6.50. The predicted octanol–water partition coefficient (Wildman–Crippen LogP) is 4.36. The number of nitrogens with zero attached hydrogens (tertiary/aromatic N) is 2. The summed E-state index contributed by atoms with van der Waals surface area (Å²) >= 11 is -2.14. The Morgan fingerprint density at radius 3 is 1.94 bits per heavy atom. The van der Waals surface area contributed by atoms with Gasteiger partial charge in [0.1, 0.15) is 29.6 Å². The molecular weight excluding hydrogens is 514 g/mol. The Morgan fingerprint density at radius 1 is 0.861 bits per heavy atom. The van der Waals surface area contributed by atoms with Gasteiger partial charge in [0.05, 0.1) is 24.6 Å². The molecule has 0 fully saturated rings. The van der Waals surface area contributed by atoms with E-state index in [0.717, 1.165) is 16.4 Å². The van der Waals surface area contributed by atoms with Crippen molar-refractivity contribution in [1.29, 1.82) is 0 Å². The number of halogens is 2. The minimum absolute atomic E-state index is 0.0878. The quantitative estimate of drug-likeness (QED) is 0.202. The second-order valence-electron chi connectivity index (χ2n) is 7.19. The highest BCUT2D eigenvalue weighted by Gasteiger charge is 2.23. The molecule has 0 aliphatic carbocycles. The Balaban J connectivity index is 2.12. The van der Waals surface area contributed by atoms with E-state index in [1.54, 1.807) is 38.1 Å². The summed E-state index contributed by atoms with van der Waals surface area (Å²) in [6.45, 7) is 2.55. The van der Waals surface area contributed by atoms with Crippen molar-refractivity contribution in [3.8, 4) is 0 Å². The van der Waals surface area contributed by atoms with Gasteiger partial charge in [0, 0.05) is 22.0 Å². The summed E-state index contributed by atoms with van der Waals surface area (Å²) in [4.78, 5) is 24.1. The molecule has 3 aromatic rings. The molecule has 0 aliphatic heterocycles. The van der Waals surface area contributed by atoms with Gasteiger partial charge >= 0.3 is 11.9 Å². The van der Waals surface area contributed by atoms with Gasteiger partial charge in [-0.2, -0.15) is 0 Å². The average molecular weight is 538 g/mol. The van der Waals surface area contributed by atoms with Crippen molar-refractivity contribution in [3.63, 3.8) is 0 Å². The number of hydrogen-bond acceptors (Lipinski definition) is 8. The fourth-order valence-electron chi connectivity index (χ4n) is 3.41. The number of rotatable bonds is 11. The Morgan fingerprint density at radius 2 is 1.39 bits per heavy atom. The van der Waals surface area contributed by atoms with Crippen molar-refractivity contribution in [2.45, 2.75) is 18.7 Å². The molecule has 0 radical (unpaired) electrons. The molecule has 0 N–H and O–H groups in total. The maximum absolute atomic E-state index is 14.4. The first-order chi connectivity index (χ1) is 17.3. The minimum atomic E-state index is -2.81. The number of benzene rings is 3. The summed E-state index contributed by atoms with van der Waals surface area (Å²) in [5.41, 5.74) is 0.566. The van der Waals surface area contributed by atoms with E-state index in [2.05, 4.69) is 0 Å². The molecule has 0 aromatic heterocycles. The Labute approximate surface area is 213 Å². The lowest BCUT2D eigenvalue weighted by Crippen LogP contribution is -2.33. The van der Waals surface area contributed by atoms with Crippen LogP contribution in [-0.2, 0) is 30.3 Å². The third-order valence-corrected chi connectivity index (χ3v) is 6.68. The van der Waals surface area contributed by atoms with Gasteiger partial charge in [-0.05, 0) is 50.1 Å². The fourth-order valence-corrected chi connectivity index (χ4v) is 4.90. The summed E-state index contributed by atoms with van der Waals surface area (Å²) < 4.78 is 65.0. The van der Waals surface area contributed by atoms with Gasteiger partial charge in [-0.3, -0.25) is 18.1 Å². The summed E-state index contributed by atoms with van der Waals surface area (Å²) in [6, 6.07) is 13.1. The topological polar surface area (TPSA) is 99.2 Å². The van der Waals surface area contributed by atoms with E-state index in [4.69, 9.17) is 9.47 Å². The van der Waals surface area contributed by atoms with Crippen molar-refractivity contribution >= 4 is 57.3 Å². The second-order valence-corrected chi connectivity index (χ2v) is 9.10. The standard InChI is InChI=1S/C24H24F2N2O6S2/c1-3-33-22(29)14-27(35-24-18(25)10-7-11-19(24)26)20-12-13-21(17-9-6-5-8-16(17)20)28(36(31)32)15-23(30)34-4-2/h5-13H,3-4,14-15H2,1-2H3,(H,31,32)/p-1. The van der Waals surface area contributed by atoms with Crippen LogP contribution in [-0.4, -0.2) is 47.0 Å². The van der Waals surface area contributed by atoms with E-state index in [9.17, 15) is 27.1 Å². The zero-order valence-electron chi connectivity index (χ0n) is 19.4. The van der Waals surface area contributed by atoms with Gasteiger partial charge in [0.2, 0.25) is 0 Å². The van der Waals surface area contributed by atoms with Crippen molar-refractivity contribution in [3.05, 3.63) is 66.2 Å². The summed E-state index contributed by atoms with van der Waals surface area (Å²) in [5.74, 6) is -2.97. The van der Waals surface area contributed by atoms with Crippen LogP contribution in [0.15, 0.2) is 59.5 Å². The van der Waals surface area contributed by atoms with Crippen LogP contribution in [0.1, 0.15) is 13.8 Å². The maximum atomic E-state index is 14.4. The molecule has 12 heteroatoms. The van der Waals surface area contributed by atoms with E-state index in [-0.39, 0.29) is 30.3 Å². The Bertz CT molecular complexity index is 1260. The van der Waals surface area contributed by atoms with Crippen LogP contribution >= 0.6 is 11.9 Å². The molecular formula is C24H23F2N2O6S2-. The minimum Gasteiger partial charge on any atom is -0.755 e. The molecule has 1 atom stereocenters. The van der Waals surface area contributed by atoms with Crippen LogP contribution < -0.4 is 8.61 Å². The predicted molar refractivity (Wildman–Crippen MR) is 133 cm³/mol. The summed E-state index contributed by atoms with van der Waals surface area (Å²) in [7, 11) is 0. The highest BCUT2D eigenvalue weighted by atomic mass is 32.2. The van der Waals surface area contributed by atoms with Crippen LogP contribution in [0.2, 0.25) is 0 Å². The lowest BCUT2D eigenvalue weighted by Gasteiger charge is -2.29. The molecule has 3 rings (SSSR count). The zero-order valence-corrected chi connectivity index (χ0v) is 21.1. The van der Waals surface area contributed by atoms with Gasteiger partial charge in [-0.1, -0.05) is 30.3 Å². The number of hydrogen-bond donors (Lipinski definition) is 0. The molecule has 1 unspecified atom stereocenters. The van der Waals surface area contributed by atoms with Crippen molar-refractivity contribution < 1.29 is 36.6 Å². The van der Waals surface area contributed by atoms with Crippen LogP contribution in [0, 0.1) is 11.6 Å². The number of carbonyl (C=O) groups is 2. The first-order valence-corrected chi connectivity index (χ1v) is 12.7.